The number of aliphatic hydroxyl groups excluding tert-OH is 13. The number of allylic oxidation sites excluding steroid dienone is 1. The van der Waals surface area contributed by atoms with E-state index in [0.29, 0.717) is 108 Å². The van der Waals surface area contributed by atoms with Gasteiger partial charge in [0.05, 0.1) is 73.6 Å². The van der Waals surface area contributed by atoms with Crippen LogP contribution in [0.4, 0.5) is 0 Å². The molecule has 0 aromatic rings. The van der Waals surface area contributed by atoms with Crippen molar-refractivity contribution in [2.24, 2.45) is 40.1 Å². The maximum Gasteiger partial charge on any atom is 0.311 e. The van der Waals surface area contributed by atoms with Gasteiger partial charge in [-0.25, -0.2) is 0 Å². The van der Waals surface area contributed by atoms with E-state index in [1.54, 1.807) is 6.92 Å². The van der Waals surface area contributed by atoms with Crippen molar-refractivity contribution >= 4 is 11.9 Å². The minimum atomic E-state index is -1.59. The molecule has 20 atom stereocenters. The summed E-state index contributed by atoms with van der Waals surface area (Å²) >= 11 is 0. The lowest BCUT2D eigenvalue weighted by Crippen LogP contribution is -2.42. The normalized spacial score (nSPS) is 37.3. The van der Waals surface area contributed by atoms with Crippen molar-refractivity contribution in [1.29, 1.82) is 0 Å². The van der Waals surface area contributed by atoms with E-state index in [4.69, 9.17) is 25.7 Å². The Kier molecular flexibility index (Phi) is 33.7. The quantitative estimate of drug-likeness (QED) is 0.0438. The summed E-state index contributed by atoms with van der Waals surface area (Å²) in [5.41, 5.74) is 12.4. The molecule has 0 amide bonds. The third-order valence-electron chi connectivity index (χ3n) is 15.2. The fourth-order valence-corrected chi connectivity index (χ4v) is 10.3. The van der Waals surface area contributed by atoms with Gasteiger partial charge >= 0.3 is 5.97 Å². The smallest absolute Gasteiger partial charge is 0.311 e. The fraction of sp³-hybridized carbons (Fsp3) is 0.891. The summed E-state index contributed by atoms with van der Waals surface area (Å²) in [4.78, 5) is 18.2. The molecule has 1 fully saturated rings. The third kappa shape index (κ3) is 26.4. The molecule has 0 aliphatic carbocycles. The molecule has 0 saturated carbocycles. The molecule has 20 nitrogen and oxygen atoms in total. The first-order valence-corrected chi connectivity index (χ1v) is 28.1. The molecule has 440 valence electrons. The highest BCUT2D eigenvalue weighted by atomic mass is 16.7. The number of cyclic esters (lactones) is 1. The Morgan fingerprint density at radius 3 is 1.92 bits per heavy atom. The molecule has 0 spiro atoms. The Labute approximate surface area is 446 Å². The van der Waals surface area contributed by atoms with Crippen LogP contribution in [-0.4, -0.2) is 189 Å². The average molecular weight is 1080 g/mol. The van der Waals surface area contributed by atoms with E-state index in [0.717, 1.165) is 12.0 Å². The Morgan fingerprint density at radius 2 is 1.32 bits per heavy atom. The lowest BCUT2D eigenvalue weighted by Gasteiger charge is -2.34. The van der Waals surface area contributed by atoms with Crippen LogP contribution in [0.1, 0.15) is 176 Å². The predicted molar refractivity (Wildman–Crippen MR) is 284 cm³/mol. The summed E-state index contributed by atoms with van der Waals surface area (Å²) in [6, 6.07) is 0. The van der Waals surface area contributed by atoms with Gasteiger partial charge < -0.3 is 92.1 Å². The summed E-state index contributed by atoms with van der Waals surface area (Å²) in [6.07, 6.45) is -7.42. The number of esters is 1. The van der Waals surface area contributed by atoms with Crippen LogP contribution in [0.3, 0.4) is 0 Å². The number of aliphatic imine (C=N–C) groups is 1. The van der Waals surface area contributed by atoms with Crippen LogP contribution in [0.2, 0.25) is 0 Å². The minimum absolute atomic E-state index is 0.0266. The highest BCUT2D eigenvalue weighted by molar-refractivity contribution is 5.75. The maximum atomic E-state index is 14.2. The van der Waals surface area contributed by atoms with Crippen LogP contribution in [0.5, 0.6) is 0 Å². The third-order valence-corrected chi connectivity index (χ3v) is 15.2. The van der Waals surface area contributed by atoms with E-state index in [-0.39, 0.29) is 49.9 Å². The van der Waals surface area contributed by atoms with Gasteiger partial charge in [0.1, 0.15) is 30.5 Å². The topological polar surface area (TPSA) is 372 Å². The Morgan fingerprint density at radius 1 is 0.733 bits per heavy atom. The molecule has 0 radical (unpaired) electrons. The SMILES string of the molecule is CCCC[C@@H]1C(=O)O[C@@H]([C@H](C)[C@H](O)CCCN=C(N)N)[C@H](C)C=C(C)CCCC[C@@H](O)C[C@@H](O)C[C@H](O)C[C@@H](O)C[C@H](O)[C@@H](O[C@H]2O[C@H](CO)[C@@H](O)[C@@H]2O)C=C(C)[C@H](O)CCC[C@H](O)CCC[C@H](O)CC[C@@H](C)[C@H]1O. The van der Waals surface area contributed by atoms with Gasteiger partial charge in [0.15, 0.2) is 12.2 Å². The van der Waals surface area contributed by atoms with Gasteiger partial charge in [-0.15, -0.1) is 0 Å². The van der Waals surface area contributed by atoms with Gasteiger partial charge in [-0.05, 0) is 134 Å². The van der Waals surface area contributed by atoms with Crippen LogP contribution < -0.4 is 11.5 Å². The highest BCUT2D eigenvalue weighted by Gasteiger charge is 2.45. The maximum absolute atomic E-state index is 14.2. The molecule has 20 heteroatoms. The van der Waals surface area contributed by atoms with E-state index in [1.165, 1.54) is 6.08 Å². The lowest BCUT2D eigenvalue weighted by molar-refractivity contribution is -0.202. The summed E-state index contributed by atoms with van der Waals surface area (Å²) in [6.45, 7) is 10.9. The molecule has 0 unspecified atom stereocenters. The van der Waals surface area contributed by atoms with E-state index >= 15 is 0 Å². The number of guanidine groups is 1. The Bertz CT molecular complexity index is 1640. The van der Waals surface area contributed by atoms with Crippen LogP contribution in [0, 0.1) is 23.7 Å². The van der Waals surface area contributed by atoms with Gasteiger partial charge in [-0.1, -0.05) is 64.7 Å². The molecule has 0 bridgehead atoms. The monoisotopic (exact) mass is 1080 g/mol. The zero-order valence-electron chi connectivity index (χ0n) is 46.0. The number of hydrogen-bond acceptors (Lipinski definition) is 18. The second-order valence-corrected chi connectivity index (χ2v) is 22.2. The van der Waals surface area contributed by atoms with Crippen molar-refractivity contribution in [1.82, 2.24) is 0 Å². The minimum Gasteiger partial charge on any atom is -0.461 e. The standard InChI is InChI=1S/C55H103N3O17/c1-7-8-19-43-49(69)33(3)22-23-38(61)17-11-16-37(60)18-12-20-44(66)34(4)26-47(73-54-51(71)50(70)48(31-59)74-54)46(68)30-42(65)29-41(64)28-40(63)27-39(62)15-10-9-14-32(2)25-35(5)52(75-53(43)72)36(6)45(67)21-13-24-58-55(56)57/h25-26,33,35-52,54,59-71H,7-24,27-31H2,1-6H3,(H4,56,57,58)/t33-,35-,36-,37-,38+,39-,40-,41+,42-,43+,44-,45-,46+,47+,48-,49-,50-,51+,52-,54+/m1/s1. The number of nitrogens with two attached hydrogens (primary N) is 2. The number of carbonyl (C=O) groups excluding carboxylic acids is 1. The number of nitrogens with zero attached hydrogens (tertiary/aromatic N) is 1. The molecule has 0 aromatic heterocycles. The number of unbranched alkanes of at least 4 members (excludes halogenated alkanes) is 1. The van der Waals surface area contributed by atoms with Crippen LogP contribution in [0.15, 0.2) is 28.3 Å². The first kappa shape index (κ1) is 68.7. The number of rotatable bonds is 12. The largest absolute Gasteiger partial charge is 0.461 e. The molecule has 17 N–H and O–H groups in total. The Balaban J connectivity index is 2.34. The van der Waals surface area contributed by atoms with Crippen molar-refractivity contribution in [2.45, 2.75) is 274 Å². The van der Waals surface area contributed by atoms with Crippen LogP contribution in [-0.2, 0) is 19.0 Å². The summed E-state index contributed by atoms with van der Waals surface area (Å²) in [7, 11) is 0. The van der Waals surface area contributed by atoms with Crippen molar-refractivity contribution in [3.8, 4) is 0 Å². The molecule has 75 heavy (non-hydrogen) atoms. The van der Waals surface area contributed by atoms with Crippen molar-refractivity contribution in [2.75, 3.05) is 13.2 Å². The second kappa shape index (κ2) is 36.7. The van der Waals surface area contributed by atoms with Gasteiger partial charge in [-0.3, -0.25) is 9.79 Å². The van der Waals surface area contributed by atoms with Crippen molar-refractivity contribution in [3.05, 3.63) is 23.3 Å². The van der Waals surface area contributed by atoms with Crippen molar-refractivity contribution < 1.29 is 85.4 Å². The van der Waals surface area contributed by atoms with E-state index in [2.05, 4.69) is 4.99 Å². The number of carbonyl (C=O) groups is 1. The van der Waals surface area contributed by atoms with Gasteiger partial charge in [0.2, 0.25) is 0 Å². The van der Waals surface area contributed by atoms with E-state index < -0.39 is 122 Å². The average Bonchev–Trinajstić information content (AvgIpc) is 3.61. The fourth-order valence-electron chi connectivity index (χ4n) is 10.3. The first-order chi connectivity index (χ1) is 35.4. The molecule has 2 heterocycles. The molecular weight excluding hydrogens is 975 g/mol. The predicted octanol–water partition coefficient (Wildman–Crippen LogP) is 2.25. The van der Waals surface area contributed by atoms with Crippen LogP contribution in [0.25, 0.3) is 0 Å². The summed E-state index contributed by atoms with van der Waals surface area (Å²) in [5.74, 6) is -2.64. The first-order valence-electron chi connectivity index (χ1n) is 28.1. The Hall–Kier alpha value is -2.38. The van der Waals surface area contributed by atoms with Crippen LogP contribution >= 0.6 is 0 Å². The van der Waals surface area contributed by atoms with Gasteiger partial charge in [0, 0.05) is 24.8 Å². The zero-order valence-corrected chi connectivity index (χ0v) is 46.0. The second-order valence-electron chi connectivity index (χ2n) is 22.2. The molecule has 2 aliphatic rings. The highest BCUT2D eigenvalue weighted by Crippen LogP contribution is 2.32. The van der Waals surface area contributed by atoms with Gasteiger partial charge in [0.25, 0.3) is 0 Å². The molecule has 2 rings (SSSR count). The number of hydrogen-bond donors (Lipinski definition) is 15. The van der Waals surface area contributed by atoms with E-state index in [9.17, 15) is 71.2 Å². The summed E-state index contributed by atoms with van der Waals surface area (Å²) < 4.78 is 17.7. The molecule has 1 saturated heterocycles. The lowest BCUT2D eigenvalue weighted by atomic mass is 9.84. The molecule has 0 aromatic carbocycles. The summed E-state index contributed by atoms with van der Waals surface area (Å²) in [5, 5.41) is 141. The van der Waals surface area contributed by atoms with E-state index in [1.807, 2.05) is 40.7 Å². The molecule has 2 aliphatic heterocycles. The van der Waals surface area contributed by atoms with Crippen molar-refractivity contribution in [3.63, 3.8) is 0 Å². The zero-order chi connectivity index (χ0) is 56.4. The number of aliphatic hydroxyl groups is 13. The van der Waals surface area contributed by atoms with Gasteiger partial charge in [-0.2, -0.15) is 0 Å². The molecular formula is C55H103N3O17. The number of ether oxygens (including phenoxy) is 3.